The van der Waals surface area contributed by atoms with Gasteiger partial charge in [-0.05, 0) is 42.9 Å². The fourth-order valence-corrected chi connectivity index (χ4v) is 5.21. The molecule has 0 spiro atoms. The molecule has 176 valence electrons. The van der Waals surface area contributed by atoms with Gasteiger partial charge in [-0.15, -0.1) is 0 Å². The summed E-state index contributed by atoms with van der Waals surface area (Å²) in [4.78, 5) is 7.23. The van der Waals surface area contributed by atoms with Crippen LogP contribution in [-0.4, -0.2) is 53.8 Å². The predicted octanol–water partition coefficient (Wildman–Crippen LogP) is 3.90. The minimum absolute atomic E-state index is 0.299. The molecule has 35 heavy (non-hydrogen) atoms. The lowest BCUT2D eigenvalue weighted by Gasteiger charge is -2.33. The first-order valence-electron chi connectivity index (χ1n) is 11.9. The Labute approximate surface area is 210 Å². The Morgan fingerprint density at radius 3 is 2.97 bits per heavy atom. The number of nitrogens with zero attached hydrogens (tertiary/aromatic N) is 4. The number of hydrogen-bond donors (Lipinski definition) is 1. The molecule has 2 aromatic heterocycles. The Kier molecular flexibility index (Phi) is 6.00. The number of rotatable bonds is 6. The van der Waals surface area contributed by atoms with Gasteiger partial charge in [0, 0.05) is 48.0 Å². The van der Waals surface area contributed by atoms with Crippen LogP contribution in [0.15, 0.2) is 54.7 Å². The first-order valence-corrected chi connectivity index (χ1v) is 12.3. The maximum atomic E-state index is 6.46. The first kappa shape index (κ1) is 22.3. The summed E-state index contributed by atoms with van der Waals surface area (Å²) >= 11 is 6.46. The van der Waals surface area contributed by atoms with Crippen LogP contribution in [0.2, 0.25) is 5.02 Å². The van der Waals surface area contributed by atoms with Crippen molar-refractivity contribution in [3.05, 3.63) is 65.3 Å². The molecule has 0 aliphatic carbocycles. The van der Waals surface area contributed by atoms with E-state index in [-0.39, 0.29) is 0 Å². The summed E-state index contributed by atoms with van der Waals surface area (Å²) in [5.74, 6) is 3.07. The van der Waals surface area contributed by atoms with Crippen LogP contribution < -0.4 is 20.3 Å². The number of anilines is 1. The molecule has 2 aliphatic rings. The molecule has 1 atom stereocenters. The molecule has 4 aromatic rings. The third-order valence-corrected chi connectivity index (χ3v) is 7.03. The van der Waals surface area contributed by atoms with Crippen LogP contribution in [0.25, 0.3) is 16.9 Å². The van der Waals surface area contributed by atoms with Crippen molar-refractivity contribution in [2.45, 2.75) is 19.4 Å². The van der Waals surface area contributed by atoms with Crippen molar-refractivity contribution in [2.75, 3.05) is 31.7 Å². The second kappa shape index (κ2) is 9.43. The summed E-state index contributed by atoms with van der Waals surface area (Å²) in [7, 11) is 6.17. The van der Waals surface area contributed by atoms with Crippen LogP contribution in [0.4, 0.5) is 5.82 Å². The SMILES string of the molecule is [B]c1cnn2c(NCC3CCCN(Cc4cccc5c4OCO5)C3)cc(-c3ccccc3Cl)nc12. The molecular weight excluding hydrogens is 461 g/mol. The van der Waals surface area contributed by atoms with E-state index < -0.39 is 0 Å². The smallest absolute Gasteiger partial charge is 0.231 e. The van der Waals surface area contributed by atoms with Gasteiger partial charge in [-0.2, -0.15) is 9.61 Å². The number of piperidine rings is 1. The van der Waals surface area contributed by atoms with Crippen molar-refractivity contribution in [2.24, 2.45) is 5.92 Å². The number of halogens is 1. The highest BCUT2D eigenvalue weighted by Crippen LogP contribution is 2.36. The van der Waals surface area contributed by atoms with Gasteiger partial charge in [0.2, 0.25) is 6.79 Å². The molecule has 1 unspecified atom stereocenters. The van der Waals surface area contributed by atoms with Crippen LogP contribution in [-0.2, 0) is 6.54 Å². The minimum atomic E-state index is 0.299. The molecule has 0 amide bonds. The maximum Gasteiger partial charge on any atom is 0.231 e. The number of hydrogen-bond acceptors (Lipinski definition) is 6. The highest BCUT2D eigenvalue weighted by atomic mass is 35.5. The molecule has 0 saturated carbocycles. The lowest BCUT2D eigenvalue weighted by molar-refractivity contribution is 0.162. The third-order valence-electron chi connectivity index (χ3n) is 6.70. The second-order valence-electron chi connectivity index (χ2n) is 9.12. The van der Waals surface area contributed by atoms with Gasteiger partial charge < -0.3 is 14.8 Å². The quantitative estimate of drug-likeness (QED) is 0.418. The molecule has 6 rings (SSSR count). The van der Waals surface area contributed by atoms with Crippen molar-refractivity contribution in [1.29, 1.82) is 0 Å². The van der Waals surface area contributed by atoms with Gasteiger partial charge >= 0.3 is 0 Å². The van der Waals surface area contributed by atoms with Crippen LogP contribution >= 0.6 is 11.6 Å². The third kappa shape index (κ3) is 4.44. The second-order valence-corrected chi connectivity index (χ2v) is 9.52. The number of para-hydroxylation sites is 1. The topological polar surface area (TPSA) is 63.9 Å². The van der Waals surface area contributed by atoms with Gasteiger partial charge in [-0.1, -0.05) is 41.9 Å². The Balaban J connectivity index is 1.19. The van der Waals surface area contributed by atoms with Crippen LogP contribution in [0.1, 0.15) is 18.4 Å². The summed E-state index contributed by atoms with van der Waals surface area (Å²) in [6, 6.07) is 15.8. The highest BCUT2D eigenvalue weighted by Gasteiger charge is 2.24. The van der Waals surface area contributed by atoms with Gasteiger partial charge in [0.1, 0.15) is 13.7 Å². The van der Waals surface area contributed by atoms with Gasteiger partial charge in [0.25, 0.3) is 0 Å². The summed E-state index contributed by atoms with van der Waals surface area (Å²) in [6.07, 6.45) is 3.96. The standard InChI is InChI=1S/C26H25BClN5O2/c27-20-13-30-33-24(11-22(31-26(20)33)19-7-1-2-8-21(19)28)29-12-17-5-4-10-32(14-17)15-18-6-3-9-23-25(18)35-16-34-23/h1-3,6-9,11,13,17,29H,4-5,10,12,14-16H2. The molecule has 1 fully saturated rings. The Bertz CT molecular complexity index is 1380. The van der Waals surface area contributed by atoms with Gasteiger partial charge in [0.15, 0.2) is 17.1 Å². The number of aromatic nitrogens is 3. The fraction of sp³-hybridized carbons (Fsp3) is 0.308. The maximum absolute atomic E-state index is 6.46. The Morgan fingerprint density at radius 1 is 1.14 bits per heavy atom. The molecule has 2 aromatic carbocycles. The summed E-state index contributed by atoms with van der Waals surface area (Å²) in [6.45, 7) is 4.06. The zero-order valence-corrected chi connectivity index (χ0v) is 20.0. The van der Waals surface area contributed by atoms with E-state index in [0.29, 0.717) is 28.8 Å². The number of fused-ring (bicyclic) bond motifs is 2. The lowest BCUT2D eigenvalue weighted by Crippen LogP contribution is -2.37. The zero-order chi connectivity index (χ0) is 23.8. The summed E-state index contributed by atoms with van der Waals surface area (Å²) in [5.41, 5.74) is 3.97. The van der Waals surface area contributed by atoms with Crippen molar-refractivity contribution >= 4 is 36.4 Å². The summed E-state index contributed by atoms with van der Waals surface area (Å²) < 4.78 is 13.0. The van der Waals surface area contributed by atoms with E-state index in [1.807, 2.05) is 42.5 Å². The van der Waals surface area contributed by atoms with Crippen molar-refractivity contribution in [3.8, 4) is 22.8 Å². The molecule has 2 aliphatic heterocycles. The number of nitrogens with one attached hydrogen (secondary N) is 1. The Hall–Kier alpha value is -3.23. The van der Waals surface area contributed by atoms with E-state index >= 15 is 0 Å². The minimum Gasteiger partial charge on any atom is -0.454 e. The first-order chi connectivity index (χ1) is 17.2. The van der Waals surface area contributed by atoms with E-state index in [4.69, 9.17) is 33.9 Å². The van der Waals surface area contributed by atoms with Crippen molar-refractivity contribution < 1.29 is 9.47 Å². The number of likely N-dealkylation sites (tertiary alicyclic amines) is 1. The number of benzene rings is 2. The van der Waals surface area contributed by atoms with E-state index in [0.717, 1.165) is 61.2 Å². The molecule has 1 saturated heterocycles. The van der Waals surface area contributed by atoms with E-state index in [1.54, 1.807) is 10.7 Å². The monoisotopic (exact) mass is 485 g/mol. The van der Waals surface area contributed by atoms with Crippen LogP contribution in [0, 0.1) is 5.92 Å². The fourth-order valence-electron chi connectivity index (χ4n) is 4.98. The zero-order valence-electron chi connectivity index (χ0n) is 19.3. The molecular formula is C26H25BClN5O2. The van der Waals surface area contributed by atoms with E-state index in [9.17, 15) is 0 Å². The molecule has 0 bridgehead atoms. The average molecular weight is 486 g/mol. The molecule has 2 radical (unpaired) electrons. The normalized spacial score (nSPS) is 17.7. The lowest BCUT2D eigenvalue weighted by atomic mass is 9.97. The molecule has 4 heterocycles. The average Bonchev–Trinajstić information content (AvgIpc) is 3.51. The predicted molar refractivity (Wildman–Crippen MR) is 138 cm³/mol. The van der Waals surface area contributed by atoms with Gasteiger partial charge in [0.05, 0.1) is 5.69 Å². The number of ether oxygens (including phenoxy) is 2. The molecule has 9 heteroatoms. The molecule has 7 nitrogen and oxygen atoms in total. The molecule has 1 N–H and O–H groups in total. The Morgan fingerprint density at radius 2 is 2.06 bits per heavy atom. The van der Waals surface area contributed by atoms with Gasteiger partial charge in [-0.3, -0.25) is 4.90 Å². The van der Waals surface area contributed by atoms with Gasteiger partial charge in [-0.25, -0.2) is 4.98 Å². The highest BCUT2D eigenvalue weighted by molar-refractivity contribution is 6.36. The summed E-state index contributed by atoms with van der Waals surface area (Å²) in [5, 5.41) is 8.71. The van der Waals surface area contributed by atoms with Crippen molar-refractivity contribution in [3.63, 3.8) is 0 Å². The van der Waals surface area contributed by atoms with E-state index in [2.05, 4.69) is 21.4 Å². The van der Waals surface area contributed by atoms with Crippen LogP contribution in [0.3, 0.4) is 0 Å². The largest absolute Gasteiger partial charge is 0.454 e. The van der Waals surface area contributed by atoms with Crippen molar-refractivity contribution in [1.82, 2.24) is 19.5 Å². The van der Waals surface area contributed by atoms with E-state index in [1.165, 1.54) is 12.0 Å². The van der Waals surface area contributed by atoms with Crippen LogP contribution in [0.5, 0.6) is 11.5 Å².